The normalized spacial score (nSPS) is 19.5. The highest BCUT2D eigenvalue weighted by Gasteiger charge is 2.31. The molecule has 5 rings (SSSR count). The van der Waals surface area contributed by atoms with Crippen LogP contribution in [0.4, 0.5) is 16.2 Å². The third kappa shape index (κ3) is 8.85. The zero-order chi connectivity index (χ0) is 31.6. The SMILES string of the molecule is COc1cc(CC(=O)N2CCCC2CNC2CCC(C(=O)OCc3ccccc3)CC2)ccc1NC(=O)Nc1ccccc1C. The Balaban J connectivity index is 1.06. The molecule has 45 heavy (non-hydrogen) atoms. The molecule has 0 radical (unpaired) electrons. The summed E-state index contributed by atoms with van der Waals surface area (Å²) in [5, 5.41) is 9.39. The third-order valence-electron chi connectivity index (χ3n) is 8.89. The number of carbonyl (C=O) groups is 3. The van der Waals surface area contributed by atoms with Crippen LogP contribution >= 0.6 is 0 Å². The first-order valence-corrected chi connectivity index (χ1v) is 15.9. The Morgan fingerprint density at radius 3 is 2.33 bits per heavy atom. The van der Waals surface area contributed by atoms with Crippen LogP contribution in [0.15, 0.2) is 72.8 Å². The summed E-state index contributed by atoms with van der Waals surface area (Å²) < 4.78 is 11.1. The van der Waals surface area contributed by atoms with E-state index in [1.54, 1.807) is 13.2 Å². The summed E-state index contributed by atoms with van der Waals surface area (Å²) in [6.07, 6.45) is 5.71. The predicted molar refractivity (Wildman–Crippen MR) is 175 cm³/mol. The molecule has 9 heteroatoms. The number of hydrogen-bond donors (Lipinski definition) is 3. The van der Waals surface area contributed by atoms with Crippen LogP contribution in [0.25, 0.3) is 0 Å². The van der Waals surface area contributed by atoms with E-state index in [2.05, 4.69) is 16.0 Å². The van der Waals surface area contributed by atoms with Crippen molar-refractivity contribution in [3.05, 3.63) is 89.5 Å². The van der Waals surface area contributed by atoms with Crippen LogP contribution in [-0.2, 0) is 27.4 Å². The first-order chi connectivity index (χ1) is 21.9. The maximum Gasteiger partial charge on any atom is 0.323 e. The van der Waals surface area contributed by atoms with Gasteiger partial charge in [0.2, 0.25) is 5.91 Å². The minimum absolute atomic E-state index is 0.0441. The lowest BCUT2D eigenvalue weighted by atomic mass is 9.86. The number of para-hydroxylation sites is 1. The van der Waals surface area contributed by atoms with Gasteiger partial charge in [-0.1, -0.05) is 54.6 Å². The molecule has 1 heterocycles. The molecule has 3 aromatic carbocycles. The van der Waals surface area contributed by atoms with Gasteiger partial charge < -0.3 is 30.3 Å². The number of urea groups is 1. The van der Waals surface area contributed by atoms with E-state index >= 15 is 0 Å². The number of anilines is 2. The quantitative estimate of drug-likeness (QED) is 0.227. The molecule has 3 amide bonds. The molecule has 1 aliphatic heterocycles. The zero-order valence-electron chi connectivity index (χ0n) is 26.2. The number of esters is 1. The van der Waals surface area contributed by atoms with Gasteiger partial charge in [0.1, 0.15) is 12.4 Å². The molecule has 3 N–H and O–H groups in total. The molecule has 2 fully saturated rings. The number of likely N-dealkylation sites (tertiary alicyclic amines) is 1. The summed E-state index contributed by atoms with van der Waals surface area (Å²) >= 11 is 0. The maximum atomic E-state index is 13.4. The number of benzene rings is 3. The van der Waals surface area contributed by atoms with Crippen molar-refractivity contribution in [2.75, 3.05) is 30.8 Å². The molecular weight excluding hydrogens is 568 g/mol. The van der Waals surface area contributed by atoms with Gasteiger partial charge in [-0.05, 0) is 80.3 Å². The van der Waals surface area contributed by atoms with Gasteiger partial charge in [0.15, 0.2) is 0 Å². The Hall–Kier alpha value is -4.37. The van der Waals surface area contributed by atoms with E-state index in [-0.39, 0.29) is 36.3 Å². The Bertz CT molecular complexity index is 1450. The van der Waals surface area contributed by atoms with E-state index in [4.69, 9.17) is 9.47 Å². The average Bonchev–Trinajstić information content (AvgIpc) is 3.54. The highest BCUT2D eigenvalue weighted by molar-refractivity contribution is 6.01. The first-order valence-electron chi connectivity index (χ1n) is 15.9. The summed E-state index contributed by atoms with van der Waals surface area (Å²) in [6.45, 7) is 3.76. The van der Waals surface area contributed by atoms with Crippen molar-refractivity contribution < 1.29 is 23.9 Å². The molecule has 1 atom stereocenters. The molecule has 0 aromatic heterocycles. The summed E-state index contributed by atoms with van der Waals surface area (Å²) in [5.41, 5.74) is 4.06. The average molecular weight is 613 g/mol. The van der Waals surface area contributed by atoms with E-state index in [0.717, 1.165) is 74.0 Å². The fraction of sp³-hybridized carbons (Fsp3) is 0.417. The second-order valence-electron chi connectivity index (χ2n) is 12.0. The molecule has 0 spiro atoms. The van der Waals surface area contributed by atoms with Crippen LogP contribution in [-0.4, -0.2) is 55.1 Å². The van der Waals surface area contributed by atoms with Gasteiger partial charge in [0.25, 0.3) is 0 Å². The molecule has 1 unspecified atom stereocenters. The van der Waals surface area contributed by atoms with Crippen molar-refractivity contribution >= 4 is 29.3 Å². The van der Waals surface area contributed by atoms with E-state index in [1.165, 1.54) is 0 Å². The molecule has 1 saturated carbocycles. The van der Waals surface area contributed by atoms with E-state index in [0.29, 0.717) is 24.1 Å². The van der Waals surface area contributed by atoms with Crippen molar-refractivity contribution in [1.82, 2.24) is 10.2 Å². The number of carbonyl (C=O) groups excluding carboxylic acids is 3. The Morgan fingerprint density at radius 1 is 0.844 bits per heavy atom. The molecule has 9 nitrogen and oxygen atoms in total. The smallest absolute Gasteiger partial charge is 0.323 e. The molecular formula is C36H44N4O5. The highest BCUT2D eigenvalue weighted by Crippen LogP contribution is 2.29. The number of rotatable bonds is 11. The minimum Gasteiger partial charge on any atom is -0.495 e. The standard InChI is InChI=1S/C36H44N4O5/c1-25-9-6-7-13-31(25)38-36(43)39-32-19-14-27(21-33(32)44-2)22-34(41)40-20-8-12-30(40)23-37-29-17-15-28(16-18-29)35(42)45-24-26-10-4-3-5-11-26/h3-7,9-11,13-14,19,21,28-30,37H,8,12,15-18,20,22-24H2,1-2H3,(H2,38,39,43). The summed E-state index contributed by atoms with van der Waals surface area (Å²) in [6, 6.07) is 22.9. The van der Waals surface area contributed by atoms with Crippen molar-refractivity contribution in [3.63, 3.8) is 0 Å². The van der Waals surface area contributed by atoms with Crippen LogP contribution < -0.4 is 20.7 Å². The fourth-order valence-electron chi connectivity index (χ4n) is 6.27. The Kier molecular flexibility index (Phi) is 11.1. The van der Waals surface area contributed by atoms with Crippen molar-refractivity contribution in [1.29, 1.82) is 0 Å². The lowest BCUT2D eigenvalue weighted by molar-refractivity contribution is -0.151. The molecule has 1 aliphatic carbocycles. The second kappa shape index (κ2) is 15.6. The number of methoxy groups -OCH3 is 1. The highest BCUT2D eigenvalue weighted by atomic mass is 16.5. The van der Waals surface area contributed by atoms with E-state index in [9.17, 15) is 14.4 Å². The fourth-order valence-corrected chi connectivity index (χ4v) is 6.27. The number of ether oxygens (including phenoxy) is 2. The van der Waals surface area contributed by atoms with Crippen molar-refractivity contribution in [2.24, 2.45) is 5.92 Å². The van der Waals surface area contributed by atoms with Gasteiger partial charge in [0.05, 0.1) is 25.1 Å². The largest absolute Gasteiger partial charge is 0.495 e. The summed E-state index contributed by atoms with van der Waals surface area (Å²) in [4.78, 5) is 40.6. The molecule has 238 valence electrons. The van der Waals surface area contributed by atoms with Gasteiger partial charge in [-0.3, -0.25) is 9.59 Å². The monoisotopic (exact) mass is 612 g/mol. The maximum absolute atomic E-state index is 13.4. The van der Waals surface area contributed by atoms with E-state index < -0.39 is 0 Å². The lowest BCUT2D eigenvalue weighted by Gasteiger charge is -2.31. The number of aryl methyl sites for hydroxylation is 1. The number of nitrogens with one attached hydrogen (secondary N) is 3. The molecule has 1 saturated heterocycles. The third-order valence-corrected chi connectivity index (χ3v) is 8.89. The van der Waals surface area contributed by atoms with Gasteiger partial charge in [-0.15, -0.1) is 0 Å². The molecule has 2 aliphatic rings. The van der Waals surface area contributed by atoms with E-state index in [1.807, 2.05) is 78.6 Å². The lowest BCUT2D eigenvalue weighted by Crippen LogP contribution is -2.45. The number of amides is 3. The van der Waals surface area contributed by atoms with Gasteiger partial charge in [-0.2, -0.15) is 0 Å². The van der Waals surface area contributed by atoms with Crippen LogP contribution in [0, 0.1) is 12.8 Å². The summed E-state index contributed by atoms with van der Waals surface area (Å²) in [7, 11) is 1.55. The van der Waals surface area contributed by atoms with Crippen LogP contribution in [0.3, 0.4) is 0 Å². The predicted octanol–water partition coefficient (Wildman–Crippen LogP) is 6.07. The number of hydrogen-bond acceptors (Lipinski definition) is 6. The zero-order valence-corrected chi connectivity index (χ0v) is 26.2. The Labute approximate surface area is 265 Å². The van der Waals surface area contributed by atoms with Crippen LogP contribution in [0.2, 0.25) is 0 Å². The van der Waals surface area contributed by atoms with Crippen molar-refractivity contribution in [3.8, 4) is 5.75 Å². The first kappa shape index (κ1) is 32.0. The van der Waals surface area contributed by atoms with Gasteiger partial charge in [-0.25, -0.2) is 4.79 Å². The van der Waals surface area contributed by atoms with Gasteiger partial charge >= 0.3 is 12.0 Å². The summed E-state index contributed by atoms with van der Waals surface area (Å²) in [5.74, 6) is 0.442. The number of nitrogens with zero attached hydrogens (tertiary/aromatic N) is 1. The second-order valence-corrected chi connectivity index (χ2v) is 12.0. The minimum atomic E-state index is -0.365. The van der Waals surface area contributed by atoms with Gasteiger partial charge in [0, 0.05) is 30.9 Å². The topological polar surface area (TPSA) is 109 Å². The van der Waals surface area contributed by atoms with Crippen molar-refractivity contribution in [2.45, 2.75) is 70.6 Å². The Morgan fingerprint density at radius 2 is 1.58 bits per heavy atom. The van der Waals surface area contributed by atoms with Crippen LogP contribution in [0.5, 0.6) is 5.75 Å². The molecule has 3 aromatic rings. The van der Waals surface area contributed by atoms with Crippen LogP contribution in [0.1, 0.15) is 55.2 Å². The molecule has 0 bridgehead atoms.